The Hall–Kier alpha value is -3.76. The molecule has 192 valence electrons. The number of ether oxygens (including phenoxy) is 2. The average Bonchev–Trinajstić information content (AvgIpc) is 3.51. The fourth-order valence-electron chi connectivity index (χ4n) is 5.33. The number of pyridine rings is 1. The summed E-state index contributed by atoms with van der Waals surface area (Å²) in [6, 6.07) is 6.35. The molecule has 1 aromatic carbocycles. The van der Waals surface area contributed by atoms with Crippen molar-refractivity contribution in [1.29, 1.82) is 0 Å². The number of imidazole rings is 1. The molecule has 6 rings (SSSR count). The van der Waals surface area contributed by atoms with E-state index < -0.39 is 0 Å². The topological polar surface area (TPSA) is 106 Å². The number of benzene rings is 1. The highest BCUT2D eigenvalue weighted by atomic mass is 16.5. The number of carbonyl (C=O) groups is 1. The highest BCUT2D eigenvalue weighted by molar-refractivity contribution is 6.13. The van der Waals surface area contributed by atoms with Crippen molar-refractivity contribution >= 4 is 34.0 Å². The van der Waals surface area contributed by atoms with Gasteiger partial charge in [0.1, 0.15) is 17.1 Å². The number of fused-ring (bicyclic) bond motifs is 2. The zero-order valence-electron chi connectivity index (χ0n) is 21.3. The quantitative estimate of drug-likeness (QED) is 0.430. The van der Waals surface area contributed by atoms with E-state index in [-0.39, 0.29) is 12.0 Å². The minimum absolute atomic E-state index is 0.0334. The summed E-state index contributed by atoms with van der Waals surface area (Å²) in [7, 11) is 0. The van der Waals surface area contributed by atoms with E-state index in [1.54, 1.807) is 12.4 Å². The van der Waals surface area contributed by atoms with Crippen molar-refractivity contribution in [1.82, 2.24) is 24.7 Å². The SMILES string of the molecule is Cc1cn2cc(NC(=O)c3ccc(N4CC(C)N[C@@H](C)C4)c4nccnc34)cc(OC3CCOC3)c2n1. The minimum atomic E-state index is -0.259. The second kappa shape index (κ2) is 9.60. The van der Waals surface area contributed by atoms with Crippen molar-refractivity contribution in [3.05, 3.63) is 54.2 Å². The predicted molar refractivity (Wildman–Crippen MR) is 142 cm³/mol. The van der Waals surface area contributed by atoms with Gasteiger partial charge in [-0.1, -0.05) is 0 Å². The van der Waals surface area contributed by atoms with Gasteiger partial charge in [0.2, 0.25) is 0 Å². The monoisotopic (exact) mass is 501 g/mol. The lowest BCUT2D eigenvalue weighted by atomic mass is 10.1. The first-order valence-corrected chi connectivity index (χ1v) is 12.7. The van der Waals surface area contributed by atoms with Crippen LogP contribution >= 0.6 is 0 Å². The van der Waals surface area contributed by atoms with E-state index in [4.69, 9.17) is 9.47 Å². The molecule has 0 bridgehead atoms. The van der Waals surface area contributed by atoms with Crippen LogP contribution in [0, 0.1) is 6.92 Å². The van der Waals surface area contributed by atoms with Crippen LogP contribution in [0.1, 0.15) is 36.3 Å². The maximum Gasteiger partial charge on any atom is 0.257 e. The van der Waals surface area contributed by atoms with Gasteiger partial charge in [-0.25, -0.2) is 4.98 Å². The first kappa shape index (κ1) is 23.6. The molecule has 0 saturated carbocycles. The second-order valence-corrected chi connectivity index (χ2v) is 10.0. The highest BCUT2D eigenvalue weighted by Crippen LogP contribution is 2.30. The molecule has 0 aliphatic carbocycles. The van der Waals surface area contributed by atoms with Crippen LogP contribution in [-0.4, -0.2) is 69.8 Å². The molecule has 0 radical (unpaired) electrons. The first-order valence-electron chi connectivity index (χ1n) is 12.7. The normalized spacial score (nSPS) is 22.0. The van der Waals surface area contributed by atoms with Gasteiger partial charge in [0.25, 0.3) is 5.91 Å². The molecule has 37 heavy (non-hydrogen) atoms. The largest absolute Gasteiger partial charge is 0.484 e. The number of amides is 1. The minimum Gasteiger partial charge on any atom is -0.484 e. The van der Waals surface area contributed by atoms with Crippen LogP contribution < -0.4 is 20.3 Å². The fourth-order valence-corrected chi connectivity index (χ4v) is 5.33. The molecule has 2 aliphatic heterocycles. The zero-order valence-corrected chi connectivity index (χ0v) is 21.3. The Morgan fingerprint density at radius 3 is 2.68 bits per heavy atom. The first-order chi connectivity index (χ1) is 17.9. The standard InChI is InChI=1S/C27H31N7O3/c1-16-11-33(12-17(2)30-16)22-5-4-21(24-25(22)29-8-7-28-24)27(35)32-19-10-23(37-20-6-9-36-15-20)26-31-18(3)13-34(26)14-19/h4-5,7-8,10,13-14,16-17,20,30H,6,9,11-12,15H2,1-3H3,(H,32,35)/t16-,17?,20?/m0/s1. The van der Waals surface area contributed by atoms with Gasteiger partial charge in [0.05, 0.1) is 35.8 Å². The number of carbonyl (C=O) groups excluding carboxylic acids is 1. The molecule has 5 heterocycles. The number of piperazine rings is 1. The van der Waals surface area contributed by atoms with Gasteiger partial charge in [-0.15, -0.1) is 0 Å². The molecule has 0 spiro atoms. The fraction of sp³-hybridized carbons (Fsp3) is 0.407. The highest BCUT2D eigenvalue weighted by Gasteiger charge is 2.25. The van der Waals surface area contributed by atoms with Crippen molar-refractivity contribution in [2.75, 3.05) is 36.5 Å². The van der Waals surface area contributed by atoms with Crippen LogP contribution in [0.5, 0.6) is 5.75 Å². The van der Waals surface area contributed by atoms with Crippen molar-refractivity contribution in [3.8, 4) is 5.75 Å². The summed E-state index contributed by atoms with van der Waals surface area (Å²) in [6.45, 7) is 9.23. The summed E-state index contributed by atoms with van der Waals surface area (Å²) in [5, 5.41) is 6.60. The van der Waals surface area contributed by atoms with E-state index >= 15 is 0 Å². The molecule has 2 N–H and O–H groups in total. The molecule has 2 fully saturated rings. The lowest BCUT2D eigenvalue weighted by molar-refractivity contribution is 0.102. The van der Waals surface area contributed by atoms with Crippen molar-refractivity contribution in [2.24, 2.45) is 0 Å². The summed E-state index contributed by atoms with van der Waals surface area (Å²) < 4.78 is 13.5. The summed E-state index contributed by atoms with van der Waals surface area (Å²) in [5.74, 6) is 0.355. The molecular weight excluding hydrogens is 470 g/mol. The third-order valence-electron chi connectivity index (χ3n) is 6.82. The van der Waals surface area contributed by atoms with E-state index in [9.17, 15) is 4.79 Å². The Balaban J connectivity index is 1.32. The lowest BCUT2D eigenvalue weighted by Crippen LogP contribution is -2.54. The van der Waals surface area contributed by atoms with Gasteiger partial charge < -0.3 is 29.4 Å². The maximum atomic E-state index is 13.5. The Labute approximate surface area is 215 Å². The summed E-state index contributed by atoms with van der Waals surface area (Å²) in [4.78, 5) is 29.6. The van der Waals surface area contributed by atoms with Crippen LogP contribution in [0.15, 0.2) is 43.0 Å². The van der Waals surface area contributed by atoms with Gasteiger partial charge in [0, 0.05) is 62.4 Å². The Morgan fingerprint density at radius 2 is 1.92 bits per heavy atom. The van der Waals surface area contributed by atoms with Crippen molar-refractivity contribution < 1.29 is 14.3 Å². The van der Waals surface area contributed by atoms with Crippen LogP contribution in [-0.2, 0) is 4.74 Å². The van der Waals surface area contributed by atoms with E-state index in [0.29, 0.717) is 53.5 Å². The molecule has 2 unspecified atom stereocenters. The summed E-state index contributed by atoms with van der Waals surface area (Å²) >= 11 is 0. The number of hydrogen-bond donors (Lipinski definition) is 2. The summed E-state index contributed by atoms with van der Waals surface area (Å²) in [5.41, 5.74) is 4.95. The summed E-state index contributed by atoms with van der Waals surface area (Å²) in [6.07, 6.45) is 7.85. The van der Waals surface area contributed by atoms with E-state index in [1.807, 2.05) is 41.9 Å². The molecule has 10 nitrogen and oxygen atoms in total. The third-order valence-corrected chi connectivity index (χ3v) is 6.82. The van der Waals surface area contributed by atoms with Gasteiger partial charge in [0.15, 0.2) is 11.4 Å². The van der Waals surface area contributed by atoms with E-state index in [2.05, 4.69) is 44.3 Å². The van der Waals surface area contributed by atoms with Gasteiger partial charge >= 0.3 is 0 Å². The van der Waals surface area contributed by atoms with Gasteiger partial charge in [-0.3, -0.25) is 14.8 Å². The number of nitrogens with zero attached hydrogens (tertiary/aromatic N) is 5. The lowest BCUT2D eigenvalue weighted by Gasteiger charge is -2.38. The smallest absolute Gasteiger partial charge is 0.257 e. The number of aromatic nitrogens is 4. The molecule has 10 heteroatoms. The molecular formula is C27H31N7O3. The molecule has 3 atom stereocenters. The second-order valence-electron chi connectivity index (χ2n) is 10.0. The molecule has 2 saturated heterocycles. The van der Waals surface area contributed by atoms with Crippen LogP contribution in [0.4, 0.5) is 11.4 Å². The van der Waals surface area contributed by atoms with Crippen molar-refractivity contribution in [2.45, 2.75) is 45.4 Å². The molecule has 3 aromatic heterocycles. The van der Waals surface area contributed by atoms with Gasteiger partial charge in [-0.2, -0.15) is 0 Å². The Morgan fingerprint density at radius 1 is 1.14 bits per heavy atom. The van der Waals surface area contributed by atoms with E-state index in [1.165, 1.54) is 0 Å². The number of hydrogen-bond acceptors (Lipinski definition) is 8. The predicted octanol–water partition coefficient (Wildman–Crippen LogP) is 3.19. The van der Waals surface area contributed by atoms with Crippen LogP contribution in [0.25, 0.3) is 16.7 Å². The Kier molecular flexibility index (Phi) is 6.13. The molecule has 4 aromatic rings. The molecule has 1 amide bonds. The van der Waals surface area contributed by atoms with Crippen LogP contribution in [0.3, 0.4) is 0 Å². The van der Waals surface area contributed by atoms with E-state index in [0.717, 1.165) is 36.4 Å². The number of rotatable bonds is 5. The number of anilines is 2. The van der Waals surface area contributed by atoms with Gasteiger partial charge in [-0.05, 0) is 32.9 Å². The maximum absolute atomic E-state index is 13.5. The third kappa shape index (κ3) is 4.70. The van der Waals surface area contributed by atoms with Crippen LogP contribution in [0.2, 0.25) is 0 Å². The molecule has 2 aliphatic rings. The zero-order chi connectivity index (χ0) is 25.5. The number of nitrogens with one attached hydrogen (secondary N) is 2. The Bertz CT molecular complexity index is 1450. The number of aryl methyl sites for hydroxylation is 1. The average molecular weight is 502 g/mol. The van der Waals surface area contributed by atoms with Crippen molar-refractivity contribution in [3.63, 3.8) is 0 Å².